The molecule has 0 saturated carbocycles. The number of carbonyl (C=O) groups excluding carboxylic acids is 1. The highest BCUT2D eigenvalue weighted by Crippen LogP contribution is 2.18. The lowest BCUT2D eigenvalue weighted by atomic mass is 10.2. The Balaban J connectivity index is 1.62. The molecule has 2 aromatic carbocycles. The van der Waals surface area contributed by atoms with E-state index in [9.17, 15) is 4.79 Å². The van der Waals surface area contributed by atoms with E-state index < -0.39 is 12.1 Å². The van der Waals surface area contributed by atoms with E-state index in [1.54, 1.807) is 19.1 Å². The van der Waals surface area contributed by atoms with Crippen LogP contribution in [0.5, 0.6) is 5.75 Å². The number of nitrogen functional groups attached to an aromatic ring is 1. The quantitative estimate of drug-likeness (QED) is 0.603. The van der Waals surface area contributed by atoms with Crippen LogP contribution >= 0.6 is 0 Å². The number of aromatic nitrogens is 3. The van der Waals surface area contributed by atoms with Gasteiger partial charge >= 0.3 is 5.97 Å². The highest BCUT2D eigenvalue weighted by atomic mass is 16.6. The van der Waals surface area contributed by atoms with Gasteiger partial charge in [0.15, 0.2) is 18.5 Å². The molecule has 1 aromatic heterocycles. The summed E-state index contributed by atoms with van der Waals surface area (Å²) in [7, 11) is 0. The van der Waals surface area contributed by atoms with Crippen molar-refractivity contribution in [1.29, 1.82) is 0 Å². The predicted octanol–water partition coefficient (Wildman–Crippen LogP) is 3.02. The van der Waals surface area contributed by atoms with E-state index in [4.69, 9.17) is 15.2 Å². The third-order valence-electron chi connectivity index (χ3n) is 3.82. The second-order valence-electron chi connectivity index (χ2n) is 6.05. The molecule has 0 saturated heterocycles. The molecule has 8 heteroatoms. The Bertz CT molecular complexity index is 950. The number of nitrogens with one attached hydrogen (secondary N) is 1. The second-order valence-corrected chi connectivity index (χ2v) is 6.05. The fourth-order valence-corrected chi connectivity index (χ4v) is 2.40. The van der Waals surface area contributed by atoms with Crippen LogP contribution in [-0.4, -0.2) is 27.0 Å². The summed E-state index contributed by atoms with van der Waals surface area (Å²) in [6, 6.07) is 16.7. The van der Waals surface area contributed by atoms with Gasteiger partial charge in [-0.05, 0) is 37.6 Å². The van der Waals surface area contributed by atoms with Crippen LogP contribution in [0, 0.1) is 6.92 Å². The Hall–Kier alpha value is -3.68. The maximum atomic E-state index is 12.2. The molecule has 0 aliphatic carbocycles. The molecule has 0 unspecified atom stereocenters. The SMILES string of the molecule is Cc1ccccc1Nc1nc(N)nc(COC(=O)[C@@H](C)Oc2ccccc2)n1. The topological polar surface area (TPSA) is 112 Å². The summed E-state index contributed by atoms with van der Waals surface area (Å²) in [5, 5.41) is 3.09. The lowest BCUT2D eigenvalue weighted by molar-refractivity contribution is -0.152. The predicted molar refractivity (Wildman–Crippen MR) is 105 cm³/mol. The number of ether oxygens (including phenoxy) is 2. The molecule has 8 nitrogen and oxygen atoms in total. The second kappa shape index (κ2) is 8.81. The maximum Gasteiger partial charge on any atom is 0.347 e. The van der Waals surface area contributed by atoms with Crippen LogP contribution in [0.3, 0.4) is 0 Å². The zero-order chi connectivity index (χ0) is 19.9. The van der Waals surface area contributed by atoms with Crippen molar-refractivity contribution >= 4 is 23.6 Å². The van der Waals surface area contributed by atoms with Crippen LogP contribution in [0.1, 0.15) is 18.3 Å². The zero-order valence-electron chi connectivity index (χ0n) is 15.6. The third-order valence-corrected chi connectivity index (χ3v) is 3.82. The van der Waals surface area contributed by atoms with Crippen LogP contribution in [0.15, 0.2) is 54.6 Å². The van der Waals surface area contributed by atoms with Gasteiger partial charge in [-0.2, -0.15) is 15.0 Å². The van der Waals surface area contributed by atoms with Crippen molar-refractivity contribution in [3.05, 3.63) is 66.0 Å². The van der Waals surface area contributed by atoms with Crippen molar-refractivity contribution in [2.75, 3.05) is 11.1 Å². The average Bonchev–Trinajstić information content (AvgIpc) is 2.68. The van der Waals surface area contributed by atoms with E-state index >= 15 is 0 Å². The molecule has 1 atom stereocenters. The van der Waals surface area contributed by atoms with Gasteiger partial charge in [0.05, 0.1) is 0 Å². The smallest absolute Gasteiger partial charge is 0.347 e. The minimum Gasteiger partial charge on any atom is -0.479 e. The number of hydrogen-bond donors (Lipinski definition) is 2. The fraction of sp³-hybridized carbons (Fsp3) is 0.200. The molecule has 1 heterocycles. The van der Waals surface area contributed by atoms with E-state index in [1.165, 1.54) is 0 Å². The van der Waals surface area contributed by atoms with Gasteiger partial charge in [0.2, 0.25) is 11.9 Å². The van der Waals surface area contributed by atoms with Gasteiger partial charge in [0.25, 0.3) is 0 Å². The molecule has 0 bridgehead atoms. The number of benzene rings is 2. The first-order valence-electron chi connectivity index (χ1n) is 8.72. The summed E-state index contributed by atoms with van der Waals surface area (Å²) in [5.74, 6) is 0.605. The average molecular weight is 379 g/mol. The lowest BCUT2D eigenvalue weighted by Crippen LogP contribution is -2.26. The van der Waals surface area contributed by atoms with Crippen molar-refractivity contribution in [1.82, 2.24) is 15.0 Å². The highest BCUT2D eigenvalue weighted by molar-refractivity contribution is 5.74. The molecule has 144 valence electrons. The molecule has 0 spiro atoms. The zero-order valence-corrected chi connectivity index (χ0v) is 15.6. The Morgan fingerprint density at radius 1 is 1.07 bits per heavy atom. The summed E-state index contributed by atoms with van der Waals surface area (Å²) >= 11 is 0. The van der Waals surface area contributed by atoms with Crippen molar-refractivity contribution in [2.45, 2.75) is 26.6 Å². The Kier molecular flexibility index (Phi) is 6.01. The number of nitrogens with two attached hydrogens (primary N) is 1. The standard InChI is InChI=1S/C20H21N5O3/c1-13-8-6-7-11-16(13)22-20-24-17(23-19(21)25-20)12-27-18(26)14(2)28-15-9-4-3-5-10-15/h3-11,14H,12H2,1-2H3,(H3,21,22,23,24,25)/t14-/m1/s1. The Morgan fingerprint density at radius 2 is 1.79 bits per heavy atom. The van der Waals surface area contributed by atoms with Gasteiger partial charge < -0.3 is 20.5 Å². The van der Waals surface area contributed by atoms with Crippen LogP contribution in [0.2, 0.25) is 0 Å². The Morgan fingerprint density at radius 3 is 2.54 bits per heavy atom. The number of rotatable bonds is 7. The van der Waals surface area contributed by atoms with Gasteiger partial charge in [0.1, 0.15) is 5.75 Å². The molecule has 0 aliphatic heterocycles. The Labute approximate surface area is 162 Å². The molecular formula is C20H21N5O3. The van der Waals surface area contributed by atoms with Gasteiger partial charge in [0, 0.05) is 5.69 Å². The molecule has 0 radical (unpaired) electrons. The first-order chi connectivity index (χ1) is 13.5. The van der Waals surface area contributed by atoms with Crippen LogP contribution in [0.4, 0.5) is 17.6 Å². The molecule has 3 aromatic rings. The molecule has 28 heavy (non-hydrogen) atoms. The van der Waals surface area contributed by atoms with Crippen molar-refractivity contribution in [2.24, 2.45) is 0 Å². The molecule has 3 rings (SSSR count). The van der Waals surface area contributed by atoms with E-state index in [-0.39, 0.29) is 24.3 Å². The number of esters is 1. The minimum atomic E-state index is -0.772. The highest BCUT2D eigenvalue weighted by Gasteiger charge is 2.17. The van der Waals surface area contributed by atoms with Crippen molar-refractivity contribution < 1.29 is 14.3 Å². The van der Waals surface area contributed by atoms with Crippen LogP contribution in [0.25, 0.3) is 0 Å². The van der Waals surface area contributed by atoms with E-state index in [0.717, 1.165) is 11.3 Å². The summed E-state index contributed by atoms with van der Waals surface area (Å²) in [4.78, 5) is 24.5. The van der Waals surface area contributed by atoms with Crippen LogP contribution in [-0.2, 0) is 16.1 Å². The summed E-state index contributed by atoms with van der Waals surface area (Å²) in [5.41, 5.74) is 7.63. The molecule has 3 N–H and O–H groups in total. The maximum absolute atomic E-state index is 12.2. The molecule has 0 amide bonds. The normalized spacial score (nSPS) is 11.5. The van der Waals surface area contributed by atoms with Crippen molar-refractivity contribution in [3.63, 3.8) is 0 Å². The first kappa shape index (κ1) is 19.1. The number of nitrogens with zero attached hydrogens (tertiary/aromatic N) is 3. The largest absolute Gasteiger partial charge is 0.479 e. The van der Waals surface area contributed by atoms with Gasteiger partial charge in [-0.15, -0.1) is 0 Å². The van der Waals surface area contributed by atoms with Gasteiger partial charge in [-0.3, -0.25) is 0 Å². The minimum absolute atomic E-state index is 0.0331. The number of aryl methyl sites for hydroxylation is 1. The molecule has 0 fully saturated rings. The van der Waals surface area contributed by atoms with E-state index in [0.29, 0.717) is 5.75 Å². The summed E-state index contributed by atoms with van der Waals surface area (Å²) in [6.45, 7) is 3.43. The fourth-order valence-electron chi connectivity index (χ4n) is 2.40. The van der Waals surface area contributed by atoms with Crippen molar-refractivity contribution in [3.8, 4) is 5.75 Å². The number of para-hydroxylation sites is 2. The van der Waals surface area contributed by atoms with Crippen LogP contribution < -0.4 is 15.8 Å². The number of hydrogen-bond acceptors (Lipinski definition) is 8. The summed E-state index contributed by atoms with van der Waals surface area (Å²) < 4.78 is 10.8. The monoisotopic (exact) mass is 379 g/mol. The lowest BCUT2D eigenvalue weighted by Gasteiger charge is -2.14. The number of carbonyl (C=O) groups is 1. The van der Waals surface area contributed by atoms with Gasteiger partial charge in [-0.25, -0.2) is 4.79 Å². The first-order valence-corrected chi connectivity index (χ1v) is 8.72. The van der Waals surface area contributed by atoms with Gasteiger partial charge in [-0.1, -0.05) is 36.4 Å². The number of anilines is 3. The summed E-state index contributed by atoms with van der Waals surface area (Å²) in [6.07, 6.45) is -0.772. The third kappa shape index (κ3) is 5.16. The van der Waals surface area contributed by atoms with E-state index in [1.807, 2.05) is 49.4 Å². The molecule has 0 aliphatic rings. The molecular weight excluding hydrogens is 358 g/mol. The van der Waals surface area contributed by atoms with E-state index in [2.05, 4.69) is 20.3 Å².